The molecule has 0 bridgehead atoms. The van der Waals surface area contributed by atoms with Crippen molar-refractivity contribution in [1.82, 2.24) is 25.1 Å². The van der Waals surface area contributed by atoms with Gasteiger partial charge in [0, 0.05) is 34.6 Å². The van der Waals surface area contributed by atoms with Crippen molar-refractivity contribution < 1.29 is 9.13 Å². The molecule has 4 aromatic rings. The van der Waals surface area contributed by atoms with E-state index >= 15 is 0 Å². The summed E-state index contributed by atoms with van der Waals surface area (Å²) in [6.07, 6.45) is 4.99. The second kappa shape index (κ2) is 7.29. The molecule has 1 aliphatic carbocycles. The molecule has 152 valence electrons. The fourth-order valence-corrected chi connectivity index (χ4v) is 3.57. The Morgan fingerprint density at radius 3 is 2.80 bits per heavy atom. The molecule has 7 nitrogen and oxygen atoms in total. The maximum absolute atomic E-state index is 15.0. The van der Waals surface area contributed by atoms with Gasteiger partial charge in [0.05, 0.1) is 11.4 Å². The van der Waals surface area contributed by atoms with E-state index in [1.54, 1.807) is 24.3 Å². The van der Waals surface area contributed by atoms with Gasteiger partial charge in [-0.15, -0.1) is 0 Å². The molecule has 3 N–H and O–H groups in total. The van der Waals surface area contributed by atoms with Crippen molar-refractivity contribution in [2.24, 2.45) is 0 Å². The second-order valence-corrected chi connectivity index (χ2v) is 7.52. The molecule has 0 saturated heterocycles. The molecular formula is C22H21FN6O. The van der Waals surface area contributed by atoms with Gasteiger partial charge in [0.15, 0.2) is 17.4 Å². The number of hydrogen-bond donors (Lipinski definition) is 3. The molecule has 0 amide bonds. The number of fused-ring (bicyclic) bond motifs is 1. The SMILES string of the molecule is C=Cc1cc(Nc2cc(C3CCC3)nc(Oc3ccc4[nH]c(C)cc4c3F)n2)n[nH]1. The number of aromatic nitrogens is 5. The van der Waals surface area contributed by atoms with Crippen LogP contribution < -0.4 is 10.1 Å². The lowest BCUT2D eigenvalue weighted by Crippen LogP contribution is -2.12. The van der Waals surface area contributed by atoms with E-state index in [0.29, 0.717) is 22.9 Å². The number of hydrogen-bond acceptors (Lipinski definition) is 5. The van der Waals surface area contributed by atoms with Crippen LogP contribution in [0.15, 0.2) is 36.9 Å². The lowest BCUT2D eigenvalue weighted by Gasteiger charge is -2.25. The second-order valence-electron chi connectivity index (χ2n) is 7.52. The smallest absolute Gasteiger partial charge is 0.324 e. The molecule has 0 spiro atoms. The highest BCUT2D eigenvalue weighted by Crippen LogP contribution is 2.37. The minimum atomic E-state index is -0.438. The third-order valence-corrected chi connectivity index (χ3v) is 5.36. The van der Waals surface area contributed by atoms with E-state index in [4.69, 9.17) is 4.74 Å². The van der Waals surface area contributed by atoms with Crippen LogP contribution in [0.4, 0.5) is 16.0 Å². The van der Waals surface area contributed by atoms with Gasteiger partial charge >= 0.3 is 6.01 Å². The summed E-state index contributed by atoms with van der Waals surface area (Å²) in [5.74, 6) is 1.16. The largest absolute Gasteiger partial charge is 0.421 e. The van der Waals surface area contributed by atoms with Crippen molar-refractivity contribution in [3.8, 4) is 11.8 Å². The van der Waals surface area contributed by atoms with Gasteiger partial charge in [-0.05, 0) is 44.0 Å². The first kappa shape index (κ1) is 18.4. The van der Waals surface area contributed by atoms with Crippen LogP contribution in [0, 0.1) is 12.7 Å². The van der Waals surface area contributed by atoms with Gasteiger partial charge in [0.1, 0.15) is 5.82 Å². The zero-order chi connectivity index (χ0) is 20.7. The number of aryl methyl sites for hydroxylation is 1. The standard InChI is InChI=1S/C22H21FN6O/c1-3-14-10-20(29-28-14)26-19-11-17(13-5-4-6-13)25-22(27-19)30-18-8-7-16-15(21(18)23)9-12(2)24-16/h3,7-11,13,24H,1,4-6H2,2H3,(H2,25,26,27,28,29). The summed E-state index contributed by atoms with van der Waals surface area (Å²) in [6, 6.07) is 8.95. The van der Waals surface area contributed by atoms with E-state index in [1.165, 1.54) is 6.42 Å². The lowest BCUT2D eigenvalue weighted by molar-refractivity contribution is 0.387. The van der Waals surface area contributed by atoms with E-state index < -0.39 is 5.82 Å². The Bertz CT molecular complexity index is 1240. The highest BCUT2D eigenvalue weighted by molar-refractivity contribution is 5.82. The van der Waals surface area contributed by atoms with Crippen molar-refractivity contribution in [3.63, 3.8) is 0 Å². The first-order chi connectivity index (χ1) is 14.6. The monoisotopic (exact) mass is 404 g/mol. The van der Waals surface area contributed by atoms with Gasteiger partial charge in [-0.3, -0.25) is 5.10 Å². The van der Waals surface area contributed by atoms with Crippen LogP contribution in [-0.2, 0) is 0 Å². The molecule has 0 radical (unpaired) electrons. The van der Waals surface area contributed by atoms with Crippen LogP contribution in [0.5, 0.6) is 11.8 Å². The molecular weight excluding hydrogens is 383 g/mol. The van der Waals surface area contributed by atoms with E-state index in [0.717, 1.165) is 35.4 Å². The Balaban J connectivity index is 1.49. The number of rotatable bonds is 6. The predicted octanol–water partition coefficient (Wildman–Crippen LogP) is 5.57. The number of benzene rings is 1. The minimum absolute atomic E-state index is 0.0897. The van der Waals surface area contributed by atoms with Gasteiger partial charge in [-0.2, -0.15) is 15.1 Å². The maximum Gasteiger partial charge on any atom is 0.324 e. The molecule has 0 aliphatic heterocycles. The number of aromatic amines is 2. The molecule has 0 atom stereocenters. The fourth-order valence-electron chi connectivity index (χ4n) is 3.57. The van der Waals surface area contributed by atoms with E-state index in [-0.39, 0.29) is 11.8 Å². The van der Waals surface area contributed by atoms with Crippen molar-refractivity contribution >= 4 is 28.6 Å². The number of nitrogens with zero attached hydrogens (tertiary/aromatic N) is 3. The summed E-state index contributed by atoms with van der Waals surface area (Å²) >= 11 is 0. The molecule has 1 aromatic carbocycles. The predicted molar refractivity (Wildman–Crippen MR) is 114 cm³/mol. The molecule has 1 saturated carbocycles. The quantitative estimate of drug-likeness (QED) is 0.390. The summed E-state index contributed by atoms with van der Waals surface area (Å²) in [7, 11) is 0. The zero-order valence-electron chi connectivity index (χ0n) is 16.5. The first-order valence-corrected chi connectivity index (χ1v) is 9.88. The molecule has 1 fully saturated rings. The van der Waals surface area contributed by atoms with Crippen molar-refractivity contribution in [3.05, 3.63) is 59.8 Å². The number of halogens is 1. The normalized spacial score (nSPS) is 13.9. The Morgan fingerprint density at radius 1 is 1.20 bits per heavy atom. The highest BCUT2D eigenvalue weighted by Gasteiger charge is 2.23. The third-order valence-electron chi connectivity index (χ3n) is 5.36. The van der Waals surface area contributed by atoms with Gasteiger partial charge in [0.2, 0.25) is 0 Å². The van der Waals surface area contributed by atoms with Crippen LogP contribution in [-0.4, -0.2) is 25.1 Å². The van der Waals surface area contributed by atoms with E-state index in [1.807, 2.05) is 19.1 Å². The highest BCUT2D eigenvalue weighted by atomic mass is 19.1. The van der Waals surface area contributed by atoms with E-state index in [2.05, 4.69) is 37.0 Å². The number of nitrogens with one attached hydrogen (secondary N) is 3. The third kappa shape index (κ3) is 3.41. The van der Waals surface area contributed by atoms with Crippen molar-refractivity contribution in [2.75, 3.05) is 5.32 Å². The molecule has 30 heavy (non-hydrogen) atoms. The summed E-state index contributed by atoms with van der Waals surface area (Å²) in [5.41, 5.74) is 3.28. The number of ether oxygens (including phenoxy) is 1. The fraction of sp³-hybridized carbons (Fsp3) is 0.227. The number of H-pyrrole nitrogens is 2. The molecule has 8 heteroatoms. The molecule has 0 unspecified atom stereocenters. The zero-order valence-corrected chi connectivity index (χ0v) is 16.5. The molecule has 3 aromatic heterocycles. The van der Waals surface area contributed by atoms with Crippen molar-refractivity contribution in [1.29, 1.82) is 0 Å². The average Bonchev–Trinajstić information content (AvgIpc) is 3.28. The van der Waals surface area contributed by atoms with Gasteiger partial charge in [-0.1, -0.05) is 13.0 Å². The summed E-state index contributed by atoms with van der Waals surface area (Å²) in [6.45, 7) is 5.60. The van der Waals surface area contributed by atoms with Crippen molar-refractivity contribution in [2.45, 2.75) is 32.1 Å². The Kier molecular flexibility index (Phi) is 4.46. The maximum atomic E-state index is 15.0. The van der Waals surface area contributed by atoms with Gasteiger partial charge < -0.3 is 15.0 Å². The first-order valence-electron chi connectivity index (χ1n) is 9.88. The van der Waals surface area contributed by atoms with Gasteiger partial charge in [-0.25, -0.2) is 4.39 Å². The molecule has 1 aliphatic rings. The van der Waals surface area contributed by atoms with Crippen LogP contribution >= 0.6 is 0 Å². The van der Waals surface area contributed by atoms with Gasteiger partial charge in [0.25, 0.3) is 0 Å². The molecule has 3 heterocycles. The van der Waals surface area contributed by atoms with Crippen LogP contribution in [0.3, 0.4) is 0 Å². The van der Waals surface area contributed by atoms with Crippen LogP contribution in [0.25, 0.3) is 17.0 Å². The Morgan fingerprint density at radius 2 is 2.07 bits per heavy atom. The topological polar surface area (TPSA) is 91.5 Å². The summed E-state index contributed by atoms with van der Waals surface area (Å²) in [4.78, 5) is 12.1. The average molecular weight is 404 g/mol. The molecule has 5 rings (SSSR count). The van der Waals surface area contributed by atoms with Crippen LogP contribution in [0.1, 0.15) is 42.3 Å². The summed E-state index contributed by atoms with van der Waals surface area (Å²) < 4.78 is 20.7. The Labute approximate surface area is 172 Å². The lowest BCUT2D eigenvalue weighted by atomic mass is 9.83. The minimum Gasteiger partial charge on any atom is -0.421 e. The van der Waals surface area contributed by atoms with Crippen LogP contribution in [0.2, 0.25) is 0 Å². The van der Waals surface area contributed by atoms with E-state index in [9.17, 15) is 4.39 Å². The number of anilines is 2. The Hall–Kier alpha value is -3.68. The summed E-state index contributed by atoms with van der Waals surface area (Å²) in [5, 5.41) is 10.7.